The van der Waals surface area contributed by atoms with Crippen LogP contribution in [0.15, 0.2) is 12.1 Å². The second kappa shape index (κ2) is 7.26. The van der Waals surface area contributed by atoms with E-state index in [-0.39, 0.29) is 0 Å². The highest BCUT2D eigenvalue weighted by Crippen LogP contribution is 2.26. The molecule has 118 valence electrons. The summed E-state index contributed by atoms with van der Waals surface area (Å²) < 4.78 is 0. The molecule has 0 aromatic carbocycles. The number of nitrogens with zero attached hydrogens (tertiary/aromatic N) is 2. The van der Waals surface area contributed by atoms with Crippen LogP contribution in [0.1, 0.15) is 45.4 Å². The maximum absolute atomic E-state index is 4.84. The molecule has 3 nitrogen and oxygen atoms in total. The van der Waals surface area contributed by atoms with Crippen molar-refractivity contribution in [3.05, 3.63) is 23.4 Å². The molecule has 0 bridgehead atoms. The predicted octanol–water partition coefficient (Wildman–Crippen LogP) is 3.62. The van der Waals surface area contributed by atoms with Gasteiger partial charge in [-0.3, -0.25) is 0 Å². The minimum atomic E-state index is 0.689. The molecule has 1 saturated heterocycles. The van der Waals surface area contributed by atoms with Gasteiger partial charge in [-0.25, -0.2) is 4.98 Å². The number of nitrogens with one attached hydrogen (secondary N) is 1. The first-order valence-electron chi connectivity index (χ1n) is 8.39. The number of rotatable bonds is 5. The monoisotopic (exact) mass is 289 g/mol. The number of hydrogen-bond acceptors (Lipinski definition) is 3. The first-order chi connectivity index (χ1) is 9.97. The van der Waals surface area contributed by atoms with Crippen molar-refractivity contribution in [2.75, 3.05) is 24.5 Å². The molecule has 0 aliphatic carbocycles. The van der Waals surface area contributed by atoms with Crippen LogP contribution in [0.25, 0.3) is 0 Å². The lowest BCUT2D eigenvalue weighted by Gasteiger charge is -2.36. The molecule has 1 aliphatic rings. The molecule has 2 heterocycles. The Hall–Kier alpha value is -1.09. The van der Waals surface area contributed by atoms with Crippen molar-refractivity contribution in [3.63, 3.8) is 0 Å². The highest BCUT2D eigenvalue weighted by Gasteiger charge is 2.23. The van der Waals surface area contributed by atoms with Gasteiger partial charge < -0.3 is 10.2 Å². The van der Waals surface area contributed by atoms with Crippen LogP contribution < -0.4 is 10.2 Å². The molecule has 1 aliphatic heterocycles. The lowest BCUT2D eigenvalue weighted by atomic mass is 9.89. The highest BCUT2D eigenvalue weighted by atomic mass is 15.2. The number of piperidine rings is 1. The molecule has 2 unspecified atom stereocenters. The molecule has 0 amide bonds. The number of aryl methyl sites for hydroxylation is 1. The van der Waals surface area contributed by atoms with Crippen molar-refractivity contribution in [1.82, 2.24) is 10.3 Å². The van der Waals surface area contributed by atoms with Gasteiger partial charge in [-0.2, -0.15) is 0 Å². The van der Waals surface area contributed by atoms with E-state index in [1.54, 1.807) is 0 Å². The van der Waals surface area contributed by atoms with E-state index in [1.165, 1.54) is 12.0 Å². The van der Waals surface area contributed by atoms with E-state index in [1.807, 2.05) is 0 Å². The summed E-state index contributed by atoms with van der Waals surface area (Å²) in [6.45, 7) is 15.6. The van der Waals surface area contributed by atoms with Gasteiger partial charge in [-0.15, -0.1) is 0 Å². The zero-order valence-electron chi connectivity index (χ0n) is 14.3. The molecule has 0 saturated carbocycles. The Bertz CT molecular complexity index is 456. The molecule has 1 N–H and O–H groups in total. The van der Waals surface area contributed by atoms with Gasteiger partial charge in [0.05, 0.1) is 0 Å². The summed E-state index contributed by atoms with van der Waals surface area (Å²) in [7, 11) is 0. The zero-order chi connectivity index (χ0) is 15.4. The number of anilines is 1. The van der Waals surface area contributed by atoms with Gasteiger partial charge >= 0.3 is 0 Å². The summed E-state index contributed by atoms with van der Waals surface area (Å²) in [6, 6.07) is 4.44. The van der Waals surface area contributed by atoms with E-state index in [2.05, 4.69) is 57.0 Å². The van der Waals surface area contributed by atoms with Crippen LogP contribution in [0.4, 0.5) is 5.82 Å². The van der Waals surface area contributed by atoms with Crippen LogP contribution in [-0.4, -0.2) is 24.6 Å². The van der Waals surface area contributed by atoms with Crippen molar-refractivity contribution < 1.29 is 0 Å². The van der Waals surface area contributed by atoms with Gasteiger partial charge in [0, 0.05) is 25.3 Å². The summed E-state index contributed by atoms with van der Waals surface area (Å²) >= 11 is 0. The van der Waals surface area contributed by atoms with Crippen LogP contribution in [-0.2, 0) is 6.54 Å². The van der Waals surface area contributed by atoms with Crippen LogP contribution in [0, 0.1) is 24.7 Å². The first kappa shape index (κ1) is 16.3. The molecule has 2 rings (SSSR count). The quantitative estimate of drug-likeness (QED) is 0.897. The molecular weight excluding hydrogens is 258 g/mol. The fraction of sp³-hybridized carbons (Fsp3) is 0.722. The van der Waals surface area contributed by atoms with Gasteiger partial charge in [0.25, 0.3) is 0 Å². The van der Waals surface area contributed by atoms with Crippen molar-refractivity contribution in [2.24, 2.45) is 17.8 Å². The van der Waals surface area contributed by atoms with Gasteiger partial charge in [0.2, 0.25) is 0 Å². The second-order valence-corrected chi connectivity index (χ2v) is 7.13. The number of hydrogen-bond donors (Lipinski definition) is 1. The fourth-order valence-electron chi connectivity index (χ4n) is 2.91. The topological polar surface area (TPSA) is 28.2 Å². The normalized spacial score (nSPS) is 22.9. The Labute approximate surface area is 130 Å². The third-order valence-corrected chi connectivity index (χ3v) is 4.71. The lowest BCUT2D eigenvalue weighted by Crippen LogP contribution is -2.39. The van der Waals surface area contributed by atoms with Crippen molar-refractivity contribution in [1.29, 1.82) is 0 Å². The zero-order valence-corrected chi connectivity index (χ0v) is 14.3. The highest BCUT2D eigenvalue weighted by molar-refractivity contribution is 5.42. The summed E-state index contributed by atoms with van der Waals surface area (Å²) in [6.07, 6.45) is 1.28. The van der Waals surface area contributed by atoms with Crippen molar-refractivity contribution in [3.8, 4) is 0 Å². The van der Waals surface area contributed by atoms with Crippen LogP contribution in [0.3, 0.4) is 0 Å². The Balaban J connectivity index is 1.98. The van der Waals surface area contributed by atoms with Crippen molar-refractivity contribution in [2.45, 2.75) is 47.6 Å². The lowest BCUT2D eigenvalue weighted by molar-refractivity contribution is 0.322. The van der Waals surface area contributed by atoms with Crippen LogP contribution in [0.2, 0.25) is 0 Å². The Morgan fingerprint density at radius 2 is 2.05 bits per heavy atom. The van der Waals surface area contributed by atoms with Gasteiger partial charge in [-0.05, 0) is 49.3 Å². The molecule has 1 fully saturated rings. The van der Waals surface area contributed by atoms with E-state index >= 15 is 0 Å². The van der Waals surface area contributed by atoms with E-state index in [0.29, 0.717) is 5.92 Å². The molecule has 1 aromatic rings. The third-order valence-electron chi connectivity index (χ3n) is 4.71. The smallest absolute Gasteiger partial charge is 0.128 e. The molecule has 0 spiro atoms. The summed E-state index contributed by atoms with van der Waals surface area (Å²) in [5, 5.41) is 3.50. The molecule has 1 aromatic heterocycles. The average molecular weight is 289 g/mol. The largest absolute Gasteiger partial charge is 0.356 e. The molecule has 2 atom stereocenters. The number of aromatic nitrogens is 1. The van der Waals surface area contributed by atoms with Crippen LogP contribution >= 0.6 is 0 Å². The maximum atomic E-state index is 4.84. The Kier molecular flexibility index (Phi) is 5.63. The van der Waals surface area contributed by atoms with E-state index < -0.39 is 0 Å². The third kappa shape index (κ3) is 4.44. The second-order valence-electron chi connectivity index (χ2n) is 7.13. The molecule has 3 heteroatoms. The van der Waals surface area contributed by atoms with Gasteiger partial charge in [0.1, 0.15) is 5.82 Å². The van der Waals surface area contributed by atoms with Gasteiger partial charge in [-0.1, -0.05) is 33.8 Å². The standard InChI is InChI=1S/C18H31N3/c1-13(2)10-19-11-17-6-7-18(20-16(17)5)21-9-8-14(3)15(4)12-21/h6-7,13-15,19H,8-12H2,1-5H3. The SMILES string of the molecule is Cc1nc(N2CCC(C)C(C)C2)ccc1CNCC(C)C. The summed E-state index contributed by atoms with van der Waals surface area (Å²) in [5.74, 6) is 3.43. The van der Waals surface area contributed by atoms with Gasteiger partial charge in [0.15, 0.2) is 0 Å². The van der Waals surface area contributed by atoms with Crippen LogP contribution in [0.5, 0.6) is 0 Å². The molecular formula is C18H31N3. The summed E-state index contributed by atoms with van der Waals surface area (Å²) in [5.41, 5.74) is 2.48. The minimum absolute atomic E-state index is 0.689. The maximum Gasteiger partial charge on any atom is 0.128 e. The van der Waals surface area contributed by atoms with E-state index in [9.17, 15) is 0 Å². The minimum Gasteiger partial charge on any atom is -0.356 e. The predicted molar refractivity (Wildman–Crippen MR) is 90.7 cm³/mol. The summed E-state index contributed by atoms with van der Waals surface area (Å²) in [4.78, 5) is 7.29. The van der Waals surface area contributed by atoms with Crippen molar-refractivity contribution >= 4 is 5.82 Å². The number of pyridine rings is 1. The van der Waals surface area contributed by atoms with E-state index in [4.69, 9.17) is 4.98 Å². The Morgan fingerprint density at radius 3 is 2.67 bits per heavy atom. The molecule has 0 radical (unpaired) electrons. The first-order valence-corrected chi connectivity index (χ1v) is 8.39. The Morgan fingerprint density at radius 1 is 1.29 bits per heavy atom. The van der Waals surface area contributed by atoms with E-state index in [0.717, 1.165) is 49.5 Å². The average Bonchev–Trinajstić information content (AvgIpc) is 2.43. The molecule has 21 heavy (non-hydrogen) atoms. The fourth-order valence-corrected chi connectivity index (χ4v) is 2.91.